The van der Waals surface area contributed by atoms with Crippen LogP contribution >= 0.6 is 0 Å². The predicted octanol–water partition coefficient (Wildman–Crippen LogP) is 3.69. The second-order valence-corrected chi connectivity index (χ2v) is 11.0. The van der Waals surface area contributed by atoms with Crippen LogP contribution in [0.25, 0.3) is 0 Å². The molecule has 0 aliphatic carbocycles. The minimum atomic E-state index is -3.87. The molecule has 0 spiro atoms. The molecule has 8 nitrogen and oxygen atoms in total. The van der Waals surface area contributed by atoms with Crippen LogP contribution in [0.2, 0.25) is 0 Å². The standard InChI is InChI=1S/C27H37N3O5S/c1-7-20(4)28-27(33)25(8-2)29(17-23-13-10-9-12-19(23)3)26(32)18-30(36(6,34)35)24-15-11-14-22(16-24)21(5)31/h9-16,20,25H,7-8,17-18H2,1-6H3,(H,28,33)/t20-,25-/m1/s1. The van der Waals surface area contributed by atoms with E-state index in [-0.39, 0.29) is 30.0 Å². The first-order valence-electron chi connectivity index (χ1n) is 12.1. The number of benzene rings is 2. The summed E-state index contributed by atoms with van der Waals surface area (Å²) in [6, 6.07) is 12.9. The molecule has 36 heavy (non-hydrogen) atoms. The van der Waals surface area contributed by atoms with Crippen molar-refractivity contribution in [1.29, 1.82) is 0 Å². The van der Waals surface area contributed by atoms with Gasteiger partial charge in [-0.15, -0.1) is 0 Å². The molecule has 0 saturated carbocycles. The second kappa shape index (κ2) is 12.7. The Labute approximate surface area is 214 Å². The van der Waals surface area contributed by atoms with Crippen LogP contribution in [0.4, 0.5) is 5.69 Å². The molecule has 9 heteroatoms. The molecular formula is C27H37N3O5S. The Balaban J connectivity index is 2.49. The van der Waals surface area contributed by atoms with Crippen molar-refractivity contribution in [3.05, 3.63) is 65.2 Å². The number of hydrogen-bond acceptors (Lipinski definition) is 5. The number of nitrogens with zero attached hydrogens (tertiary/aromatic N) is 2. The van der Waals surface area contributed by atoms with Gasteiger partial charge >= 0.3 is 0 Å². The van der Waals surface area contributed by atoms with Crippen LogP contribution in [-0.4, -0.2) is 55.8 Å². The van der Waals surface area contributed by atoms with Crippen molar-refractivity contribution in [2.75, 3.05) is 17.1 Å². The molecule has 0 bridgehead atoms. The molecule has 0 unspecified atom stereocenters. The Bertz CT molecular complexity index is 1200. The Morgan fingerprint density at radius 3 is 2.22 bits per heavy atom. The van der Waals surface area contributed by atoms with E-state index in [0.29, 0.717) is 12.0 Å². The smallest absolute Gasteiger partial charge is 0.244 e. The van der Waals surface area contributed by atoms with Gasteiger partial charge in [-0.2, -0.15) is 0 Å². The molecule has 0 saturated heterocycles. The van der Waals surface area contributed by atoms with E-state index in [0.717, 1.165) is 28.1 Å². The Kier molecular flexibility index (Phi) is 10.2. The van der Waals surface area contributed by atoms with Gasteiger partial charge in [-0.1, -0.05) is 50.2 Å². The number of carbonyl (C=O) groups is 3. The number of rotatable bonds is 12. The summed E-state index contributed by atoms with van der Waals surface area (Å²) in [5.41, 5.74) is 2.38. The molecule has 1 N–H and O–H groups in total. The summed E-state index contributed by atoms with van der Waals surface area (Å²) in [5, 5.41) is 2.95. The third-order valence-corrected chi connectivity index (χ3v) is 7.35. The molecule has 0 aliphatic rings. The lowest BCUT2D eigenvalue weighted by molar-refractivity contribution is -0.140. The summed E-state index contributed by atoms with van der Waals surface area (Å²) in [6.45, 7) is 8.65. The lowest BCUT2D eigenvalue weighted by Gasteiger charge is -2.33. The number of ketones is 1. The van der Waals surface area contributed by atoms with Gasteiger partial charge in [0, 0.05) is 18.2 Å². The van der Waals surface area contributed by atoms with Crippen LogP contribution in [0, 0.1) is 6.92 Å². The highest BCUT2D eigenvalue weighted by atomic mass is 32.2. The van der Waals surface area contributed by atoms with Crippen molar-refractivity contribution >= 4 is 33.3 Å². The summed E-state index contributed by atoms with van der Waals surface area (Å²) in [5.74, 6) is -1.01. The predicted molar refractivity (Wildman–Crippen MR) is 142 cm³/mol. The SMILES string of the molecule is CC[C@@H](C)NC(=O)[C@@H](CC)N(Cc1ccccc1C)C(=O)CN(c1cccc(C(C)=O)c1)S(C)(=O)=O. The molecule has 0 aromatic heterocycles. The normalized spacial score (nSPS) is 12.9. The number of carbonyl (C=O) groups excluding carboxylic acids is 3. The largest absolute Gasteiger partial charge is 0.352 e. The maximum atomic E-state index is 13.7. The van der Waals surface area contributed by atoms with Crippen LogP contribution in [0.3, 0.4) is 0 Å². The minimum absolute atomic E-state index is 0.0659. The van der Waals surface area contributed by atoms with Crippen LogP contribution in [0.15, 0.2) is 48.5 Å². The summed E-state index contributed by atoms with van der Waals surface area (Å²) >= 11 is 0. The molecule has 0 aliphatic heterocycles. The number of anilines is 1. The van der Waals surface area contributed by atoms with Crippen LogP contribution in [0.1, 0.15) is 62.0 Å². The quantitative estimate of drug-likeness (QED) is 0.434. The van der Waals surface area contributed by atoms with Crippen molar-refractivity contribution in [3.63, 3.8) is 0 Å². The summed E-state index contributed by atoms with van der Waals surface area (Å²) in [6.07, 6.45) is 2.11. The molecule has 2 aromatic rings. The number of nitrogens with one attached hydrogen (secondary N) is 1. The highest BCUT2D eigenvalue weighted by Gasteiger charge is 2.32. The van der Waals surface area contributed by atoms with E-state index in [1.165, 1.54) is 17.9 Å². The number of hydrogen-bond donors (Lipinski definition) is 1. The van der Waals surface area contributed by atoms with Gasteiger partial charge in [0.15, 0.2) is 5.78 Å². The number of sulfonamides is 1. The fraction of sp³-hybridized carbons (Fsp3) is 0.444. The number of Topliss-reactive ketones (excluding diaryl/α,β-unsaturated/α-hetero) is 1. The third-order valence-electron chi connectivity index (χ3n) is 6.21. The van der Waals surface area contributed by atoms with E-state index >= 15 is 0 Å². The molecule has 0 fully saturated rings. The highest BCUT2D eigenvalue weighted by molar-refractivity contribution is 7.92. The third kappa shape index (κ3) is 7.65. The Morgan fingerprint density at radius 2 is 1.67 bits per heavy atom. The van der Waals surface area contributed by atoms with Gasteiger partial charge < -0.3 is 10.2 Å². The van der Waals surface area contributed by atoms with Crippen molar-refractivity contribution in [3.8, 4) is 0 Å². The lowest BCUT2D eigenvalue weighted by Crippen LogP contribution is -2.53. The average Bonchev–Trinajstić information content (AvgIpc) is 2.82. The van der Waals surface area contributed by atoms with E-state index in [9.17, 15) is 22.8 Å². The van der Waals surface area contributed by atoms with E-state index in [1.54, 1.807) is 18.2 Å². The van der Waals surface area contributed by atoms with E-state index in [2.05, 4.69) is 5.32 Å². The lowest BCUT2D eigenvalue weighted by atomic mass is 10.1. The Morgan fingerprint density at radius 1 is 1.00 bits per heavy atom. The minimum Gasteiger partial charge on any atom is -0.352 e. The van der Waals surface area contributed by atoms with Gasteiger partial charge in [0.2, 0.25) is 21.8 Å². The molecule has 0 heterocycles. The van der Waals surface area contributed by atoms with Gasteiger partial charge in [-0.25, -0.2) is 8.42 Å². The van der Waals surface area contributed by atoms with Crippen molar-refractivity contribution < 1.29 is 22.8 Å². The maximum absolute atomic E-state index is 13.7. The first kappa shape index (κ1) is 29.0. The number of aryl methyl sites for hydroxylation is 1. The zero-order valence-corrected chi connectivity index (χ0v) is 22.8. The fourth-order valence-electron chi connectivity index (χ4n) is 3.83. The monoisotopic (exact) mass is 515 g/mol. The van der Waals surface area contributed by atoms with Gasteiger partial charge in [-0.05, 0) is 56.9 Å². The van der Waals surface area contributed by atoms with Crippen LogP contribution in [0.5, 0.6) is 0 Å². The molecule has 196 valence electrons. The molecule has 0 radical (unpaired) electrons. The molecule has 2 rings (SSSR count). The van der Waals surface area contributed by atoms with Crippen LogP contribution < -0.4 is 9.62 Å². The first-order valence-corrected chi connectivity index (χ1v) is 14.0. The van der Waals surface area contributed by atoms with Gasteiger partial charge in [-0.3, -0.25) is 18.7 Å². The van der Waals surface area contributed by atoms with Gasteiger partial charge in [0.25, 0.3) is 0 Å². The summed E-state index contributed by atoms with van der Waals surface area (Å²) in [4.78, 5) is 40.2. The van der Waals surface area contributed by atoms with Gasteiger partial charge in [0.1, 0.15) is 12.6 Å². The van der Waals surface area contributed by atoms with Crippen molar-refractivity contribution in [2.24, 2.45) is 0 Å². The Hall–Kier alpha value is -3.20. The van der Waals surface area contributed by atoms with Crippen molar-refractivity contribution in [2.45, 2.75) is 66.1 Å². The van der Waals surface area contributed by atoms with Crippen molar-refractivity contribution in [1.82, 2.24) is 10.2 Å². The maximum Gasteiger partial charge on any atom is 0.244 e. The average molecular weight is 516 g/mol. The van der Waals surface area contributed by atoms with E-state index in [4.69, 9.17) is 0 Å². The zero-order chi connectivity index (χ0) is 27.0. The summed E-state index contributed by atoms with van der Waals surface area (Å²) in [7, 11) is -3.87. The number of amides is 2. The van der Waals surface area contributed by atoms with E-state index < -0.39 is 28.5 Å². The first-order chi connectivity index (χ1) is 16.9. The molecule has 2 amide bonds. The molecular weight excluding hydrogens is 478 g/mol. The fourth-order valence-corrected chi connectivity index (χ4v) is 4.67. The highest BCUT2D eigenvalue weighted by Crippen LogP contribution is 2.22. The second-order valence-electron chi connectivity index (χ2n) is 9.07. The summed E-state index contributed by atoms with van der Waals surface area (Å²) < 4.78 is 26.4. The molecule has 2 atom stereocenters. The van der Waals surface area contributed by atoms with Crippen LogP contribution in [-0.2, 0) is 26.2 Å². The van der Waals surface area contributed by atoms with E-state index in [1.807, 2.05) is 52.0 Å². The topological polar surface area (TPSA) is 104 Å². The zero-order valence-electron chi connectivity index (χ0n) is 21.9. The molecule has 2 aromatic carbocycles. The van der Waals surface area contributed by atoms with Gasteiger partial charge in [0.05, 0.1) is 11.9 Å².